The van der Waals surface area contributed by atoms with Gasteiger partial charge in [0.15, 0.2) is 5.69 Å². The monoisotopic (exact) mass is 247 g/mol. The number of nitriles is 1. The summed E-state index contributed by atoms with van der Waals surface area (Å²) in [5, 5.41) is 18.7. The van der Waals surface area contributed by atoms with Crippen molar-refractivity contribution in [2.24, 2.45) is 0 Å². The SMILES string of the molecule is N#CCc1nc([N+](=O)[O-])c(C(F)F)cc1Cl. The van der Waals surface area contributed by atoms with Gasteiger partial charge in [-0.15, -0.1) is 0 Å². The van der Waals surface area contributed by atoms with Gasteiger partial charge in [0.2, 0.25) is 0 Å². The minimum absolute atomic E-state index is 0.0831. The molecule has 1 rings (SSSR count). The average molecular weight is 248 g/mol. The molecule has 1 heterocycles. The van der Waals surface area contributed by atoms with Crippen LogP contribution in [0.1, 0.15) is 17.7 Å². The second-order valence-electron chi connectivity index (χ2n) is 2.72. The van der Waals surface area contributed by atoms with Crippen LogP contribution in [-0.2, 0) is 6.42 Å². The Hall–Kier alpha value is -1.81. The summed E-state index contributed by atoms with van der Waals surface area (Å²) >= 11 is 5.56. The minimum atomic E-state index is -3.04. The van der Waals surface area contributed by atoms with E-state index >= 15 is 0 Å². The highest BCUT2D eigenvalue weighted by molar-refractivity contribution is 6.31. The van der Waals surface area contributed by atoms with E-state index < -0.39 is 22.7 Å². The minimum Gasteiger partial charge on any atom is -0.358 e. The van der Waals surface area contributed by atoms with Crippen LogP contribution in [0.4, 0.5) is 14.6 Å². The molecular weight excluding hydrogens is 244 g/mol. The first-order valence-corrected chi connectivity index (χ1v) is 4.34. The molecule has 0 aliphatic carbocycles. The fourth-order valence-electron chi connectivity index (χ4n) is 1.04. The predicted octanol–water partition coefficient (Wildman–Crippen LogP) is 2.65. The molecule has 0 bridgehead atoms. The van der Waals surface area contributed by atoms with Crippen LogP contribution in [0.2, 0.25) is 5.02 Å². The maximum absolute atomic E-state index is 12.4. The number of hydrogen-bond acceptors (Lipinski definition) is 4. The zero-order chi connectivity index (χ0) is 12.3. The maximum atomic E-state index is 12.4. The lowest BCUT2D eigenvalue weighted by atomic mass is 10.2. The van der Waals surface area contributed by atoms with Gasteiger partial charge in [0, 0.05) is 0 Å². The molecular formula is C8H4ClF2N3O2. The quantitative estimate of drug-likeness (QED) is 0.607. The van der Waals surface area contributed by atoms with Crippen LogP contribution in [0, 0.1) is 21.4 Å². The Morgan fingerprint density at radius 2 is 2.31 bits per heavy atom. The van der Waals surface area contributed by atoms with Crippen molar-refractivity contribution in [1.82, 2.24) is 4.98 Å². The second-order valence-corrected chi connectivity index (χ2v) is 3.13. The van der Waals surface area contributed by atoms with Crippen molar-refractivity contribution in [3.05, 3.63) is 32.5 Å². The molecule has 1 aromatic rings. The van der Waals surface area contributed by atoms with E-state index in [9.17, 15) is 18.9 Å². The Bertz CT molecular complexity index is 473. The van der Waals surface area contributed by atoms with Crippen LogP contribution >= 0.6 is 11.6 Å². The lowest BCUT2D eigenvalue weighted by Gasteiger charge is -2.03. The molecule has 0 saturated heterocycles. The number of nitrogens with zero attached hydrogens (tertiary/aromatic N) is 3. The van der Waals surface area contributed by atoms with Gasteiger partial charge in [-0.05, 0) is 16.0 Å². The highest BCUT2D eigenvalue weighted by Crippen LogP contribution is 2.31. The summed E-state index contributed by atoms with van der Waals surface area (Å²) in [7, 11) is 0. The first kappa shape index (κ1) is 12.3. The Labute approximate surface area is 93.4 Å². The number of nitro groups is 1. The van der Waals surface area contributed by atoms with Crippen LogP contribution in [0.15, 0.2) is 6.07 Å². The Balaban J connectivity index is 3.38. The van der Waals surface area contributed by atoms with Crippen LogP contribution in [0.3, 0.4) is 0 Å². The zero-order valence-corrected chi connectivity index (χ0v) is 8.41. The maximum Gasteiger partial charge on any atom is 0.372 e. The lowest BCUT2D eigenvalue weighted by molar-refractivity contribution is -0.391. The molecule has 0 fully saturated rings. The second kappa shape index (κ2) is 4.81. The topological polar surface area (TPSA) is 79.8 Å². The molecule has 84 valence electrons. The number of hydrogen-bond donors (Lipinski definition) is 0. The van der Waals surface area contributed by atoms with Gasteiger partial charge in [0.25, 0.3) is 6.43 Å². The number of rotatable bonds is 3. The molecule has 8 heteroatoms. The van der Waals surface area contributed by atoms with Crippen LogP contribution in [0.25, 0.3) is 0 Å². The standard InChI is InChI=1S/C8H4ClF2N3O2/c9-5-3-4(7(10)11)8(14(15)16)13-6(5)1-2-12/h3,7H,1H2. The fourth-order valence-corrected chi connectivity index (χ4v) is 1.26. The van der Waals surface area contributed by atoms with Crippen molar-refractivity contribution in [2.45, 2.75) is 12.8 Å². The summed E-state index contributed by atoms with van der Waals surface area (Å²) < 4.78 is 24.8. The largest absolute Gasteiger partial charge is 0.372 e. The van der Waals surface area contributed by atoms with Crippen molar-refractivity contribution >= 4 is 17.4 Å². The Kier molecular flexibility index (Phi) is 3.68. The van der Waals surface area contributed by atoms with Crippen LogP contribution in [-0.4, -0.2) is 9.91 Å². The van der Waals surface area contributed by atoms with Gasteiger partial charge in [-0.25, -0.2) is 8.78 Å². The first-order chi connectivity index (χ1) is 7.47. The average Bonchev–Trinajstić information content (AvgIpc) is 2.20. The van der Waals surface area contributed by atoms with Crippen molar-refractivity contribution < 1.29 is 13.7 Å². The summed E-state index contributed by atoms with van der Waals surface area (Å²) in [6, 6.07) is 2.45. The van der Waals surface area contributed by atoms with Gasteiger partial charge in [-0.1, -0.05) is 11.6 Å². The Morgan fingerprint density at radius 1 is 1.69 bits per heavy atom. The van der Waals surface area contributed by atoms with E-state index in [1.807, 2.05) is 0 Å². The highest BCUT2D eigenvalue weighted by atomic mass is 35.5. The van der Waals surface area contributed by atoms with Gasteiger partial charge >= 0.3 is 5.82 Å². The van der Waals surface area contributed by atoms with Gasteiger partial charge < -0.3 is 10.1 Å². The summed E-state index contributed by atoms with van der Waals surface area (Å²) in [5.74, 6) is -0.968. The van der Waals surface area contributed by atoms with Crippen LogP contribution in [0.5, 0.6) is 0 Å². The van der Waals surface area contributed by atoms with E-state index in [1.54, 1.807) is 6.07 Å². The Morgan fingerprint density at radius 3 is 2.75 bits per heavy atom. The summed E-state index contributed by atoms with van der Waals surface area (Å²) in [4.78, 5) is 12.8. The molecule has 5 nitrogen and oxygen atoms in total. The normalized spacial score (nSPS) is 10.2. The van der Waals surface area contributed by atoms with Gasteiger partial charge in [0.1, 0.15) is 12.0 Å². The molecule has 1 aromatic heterocycles. The van der Waals surface area contributed by atoms with Crippen molar-refractivity contribution in [3.8, 4) is 6.07 Å². The third kappa shape index (κ3) is 2.41. The van der Waals surface area contributed by atoms with Gasteiger partial charge in [0.05, 0.1) is 11.1 Å². The molecule has 0 saturated carbocycles. The van der Waals surface area contributed by atoms with Crippen molar-refractivity contribution in [2.75, 3.05) is 0 Å². The van der Waals surface area contributed by atoms with E-state index in [0.717, 1.165) is 6.07 Å². The number of aromatic nitrogens is 1. The van der Waals surface area contributed by atoms with Crippen molar-refractivity contribution in [1.29, 1.82) is 5.26 Å². The molecule has 16 heavy (non-hydrogen) atoms. The van der Waals surface area contributed by atoms with E-state index in [4.69, 9.17) is 16.9 Å². The molecule has 0 radical (unpaired) electrons. The molecule has 0 N–H and O–H groups in total. The molecule has 0 spiro atoms. The number of alkyl halides is 2. The summed E-state index contributed by atoms with van der Waals surface area (Å²) in [6.07, 6.45) is -3.31. The third-order valence-electron chi connectivity index (χ3n) is 1.71. The molecule has 0 unspecified atom stereocenters. The molecule has 0 atom stereocenters. The van der Waals surface area contributed by atoms with E-state index in [1.165, 1.54) is 0 Å². The van der Waals surface area contributed by atoms with E-state index in [0.29, 0.717) is 0 Å². The summed E-state index contributed by atoms with van der Waals surface area (Å²) in [5.41, 5.74) is -0.933. The van der Waals surface area contributed by atoms with Crippen molar-refractivity contribution in [3.63, 3.8) is 0 Å². The smallest absolute Gasteiger partial charge is 0.358 e. The molecule has 0 aromatic carbocycles. The van der Waals surface area contributed by atoms with E-state index in [-0.39, 0.29) is 17.1 Å². The fraction of sp³-hybridized carbons (Fsp3) is 0.250. The molecule has 0 aliphatic heterocycles. The highest BCUT2D eigenvalue weighted by Gasteiger charge is 2.26. The molecule has 0 amide bonds. The molecule has 0 aliphatic rings. The number of pyridine rings is 1. The zero-order valence-electron chi connectivity index (χ0n) is 7.65. The summed E-state index contributed by atoms with van der Waals surface area (Å²) in [6.45, 7) is 0. The first-order valence-electron chi connectivity index (χ1n) is 3.96. The predicted molar refractivity (Wildman–Crippen MR) is 50.2 cm³/mol. The van der Waals surface area contributed by atoms with E-state index in [2.05, 4.69) is 4.98 Å². The van der Waals surface area contributed by atoms with Crippen LogP contribution < -0.4 is 0 Å². The van der Waals surface area contributed by atoms with Gasteiger partial charge in [-0.2, -0.15) is 5.26 Å². The lowest BCUT2D eigenvalue weighted by Crippen LogP contribution is -2.02. The number of halogens is 3. The van der Waals surface area contributed by atoms with Gasteiger partial charge in [-0.3, -0.25) is 0 Å². The third-order valence-corrected chi connectivity index (χ3v) is 2.04.